The van der Waals surface area contributed by atoms with E-state index in [1.165, 1.54) is 18.4 Å². The van der Waals surface area contributed by atoms with Gasteiger partial charge in [0, 0.05) is 5.39 Å². The first kappa shape index (κ1) is 11.7. The Morgan fingerprint density at radius 2 is 2.12 bits per heavy atom. The second-order valence-electron chi connectivity index (χ2n) is 3.77. The summed E-state index contributed by atoms with van der Waals surface area (Å²) in [5.41, 5.74) is -0.436. The number of fused-ring (bicyclic) bond motifs is 1. The van der Waals surface area contributed by atoms with Gasteiger partial charge < -0.3 is 9.73 Å². The normalized spacial score (nSPS) is 12.9. The minimum absolute atomic E-state index is 0.170. The highest BCUT2D eigenvalue weighted by Gasteiger charge is 2.23. The van der Waals surface area contributed by atoms with E-state index >= 15 is 0 Å². The van der Waals surface area contributed by atoms with Gasteiger partial charge in [-0.05, 0) is 26.1 Å². The molecule has 0 saturated heterocycles. The Hall–Kier alpha value is -1.75. The van der Waals surface area contributed by atoms with Gasteiger partial charge in [0.15, 0.2) is 17.2 Å². The number of likely N-dealkylation sites (N-methyl/N-ethyl adjacent to an activating group) is 1. The van der Waals surface area contributed by atoms with E-state index in [1.807, 2.05) is 0 Å². The van der Waals surface area contributed by atoms with Crippen LogP contribution in [0.3, 0.4) is 0 Å². The molecule has 0 saturated carbocycles. The Balaban J connectivity index is 2.61. The first-order valence-electron chi connectivity index (χ1n) is 5.13. The van der Waals surface area contributed by atoms with Gasteiger partial charge in [-0.15, -0.1) is 0 Å². The van der Waals surface area contributed by atoms with Gasteiger partial charge in [-0.2, -0.15) is 4.39 Å². The quantitative estimate of drug-likeness (QED) is 0.837. The highest BCUT2D eigenvalue weighted by Crippen LogP contribution is 2.25. The average molecular weight is 239 g/mol. The van der Waals surface area contributed by atoms with Crippen molar-refractivity contribution >= 4 is 16.8 Å². The number of ketones is 1. The lowest BCUT2D eigenvalue weighted by Crippen LogP contribution is -2.31. The molecule has 1 heterocycles. The maximum Gasteiger partial charge on any atom is 0.202 e. The number of furan rings is 1. The van der Waals surface area contributed by atoms with Gasteiger partial charge in [-0.3, -0.25) is 4.79 Å². The molecule has 1 aromatic heterocycles. The lowest BCUT2D eigenvalue weighted by atomic mass is 10.0. The van der Waals surface area contributed by atoms with Crippen LogP contribution in [-0.4, -0.2) is 18.9 Å². The molecule has 1 N–H and O–H groups in total. The van der Waals surface area contributed by atoms with E-state index in [1.54, 1.807) is 14.0 Å². The summed E-state index contributed by atoms with van der Waals surface area (Å²) in [6, 6.07) is 2.21. The first-order chi connectivity index (χ1) is 8.06. The summed E-state index contributed by atoms with van der Waals surface area (Å²) in [6.07, 6.45) is 1.25. The third-order valence-corrected chi connectivity index (χ3v) is 2.72. The van der Waals surface area contributed by atoms with Crippen LogP contribution in [0.5, 0.6) is 0 Å². The molecule has 0 amide bonds. The van der Waals surface area contributed by atoms with Crippen molar-refractivity contribution in [1.29, 1.82) is 0 Å². The summed E-state index contributed by atoms with van der Waals surface area (Å²) >= 11 is 0. The van der Waals surface area contributed by atoms with E-state index < -0.39 is 23.5 Å². The fourth-order valence-electron chi connectivity index (χ4n) is 1.59. The Morgan fingerprint density at radius 1 is 1.41 bits per heavy atom. The van der Waals surface area contributed by atoms with Gasteiger partial charge in [0.1, 0.15) is 0 Å². The van der Waals surface area contributed by atoms with Crippen molar-refractivity contribution < 1.29 is 18.0 Å². The molecule has 0 unspecified atom stereocenters. The maximum atomic E-state index is 13.7. The van der Waals surface area contributed by atoms with E-state index in [2.05, 4.69) is 5.32 Å². The van der Waals surface area contributed by atoms with Crippen LogP contribution in [0.15, 0.2) is 22.8 Å². The van der Waals surface area contributed by atoms with E-state index in [4.69, 9.17) is 4.42 Å². The molecule has 1 aromatic carbocycles. The molecule has 0 aliphatic rings. The number of carbonyl (C=O) groups excluding carboxylic acids is 1. The molecule has 2 aromatic rings. The zero-order valence-electron chi connectivity index (χ0n) is 9.38. The van der Waals surface area contributed by atoms with Crippen molar-refractivity contribution in [2.24, 2.45) is 0 Å². The monoisotopic (exact) mass is 239 g/mol. The van der Waals surface area contributed by atoms with E-state index in [0.29, 0.717) is 5.39 Å². The van der Waals surface area contributed by atoms with Crippen LogP contribution in [0, 0.1) is 11.6 Å². The van der Waals surface area contributed by atoms with Gasteiger partial charge in [0.05, 0.1) is 17.9 Å². The summed E-state index contributed by atoms with van der Waals surface area (Å²) in [7, 11) is 1.58. The summed E-state index contributed by atoms with van der Waals surface area (Å²) in [6.45, 7) is 1.58. The standard InChI is InChI=1S/C12H11F2NO2/c1-6(15-2)11(16)8-5-7-3-4-17-12(7)10(14)9(8)13/h3-6,15H,1-2H3/t6-/m1/s1. The predicted molar refractivity (Wildman–Crippen MR) is 59.0 cm³/mol. The number of Topliss-reactive ketones (excluding diaryl/α,β-unsaturated/α-hetero) is 1. The number of nitrogens with one attached hydrogen (secondary N) is 1. The van der Waals surface area contributed by atoms with Crippen LogP contribution < -0.4 is 5.32 Å². The first-order valence-corrected chi connectivity index (χ1v) is 5.13. The Labute approximate surface area is 96.4 Å². The van der Waals surface area contributed by atoms with Crippen LogP contribution >= 0.6 is 0 Å². The predicted octanol–water partition coefficient (Wildman–Crippen LogP) is 2.50. The zero-order chi connectivity index (χ0) is 12.6. The van der Waals surface area contributed by atoms with E-state index in [-0.39, 0.29) is 11.1 Å². The van der Waals surface area contributed by atoms with Crippen LogP contribution in [-0.2, 0) is 0 Å². The van der Waals surface area contributed by atoms with Gasteiger partial charge in [-0.1, -0.05) is 0 Å². The summed E-state index contributed by atoms with van der Waals surface area (Å²) in [4.78, 5) is 11.8. The molecule has 0 fully saturated rings. The zero-order valence-corrected chi connectivity index (χ0v) is 9.38. The molecule has 0 aliphatic carbocycles. The SMILES string of the molecule is CN[C@H](C)C(=O)c1cc2ccoc2c(F)c1F. The average Bonchev–Trinajstić information content (AvgIpc) is 2.80. The molecule has 0 spiro atoms. The van der Waals surface area contributed by atoms with E-state index in [9.17, 15) is 13.6 Å². The maximum absolute atomic E-state index is 13.7. The molecular weight excluding hydrogens is 228 g/mol. The number of halogens is 2. The number of hydrogen-bond donors (Lipinski definition) is 1. The molecule has 2 rings (SSSR count). The van der Waals surface area contributed by atoms with Crippen molar-refractivity contribution in [3.8, 4) is 0 Å². The Morgan fingerprint density at radius 3 is 2.76 bits per heavy atom. The van der Waals surface area contributed by atoms with Crippen molar-refractivity contribution in [3.63, 3.8) is 0 Å². The molecule has 5 heteroatoms. The molecule has 1 atom stereocenters. The largest absolute Gasteiger partial charge is 0.461 e. The lowest BCUT2D eigenvalue weighted by molar-refractivity contribution is 0.0950. The third-order valence-electron chi connectivity index (χ3n) is 2.72. The van der Waals surface area contributed by atoms with Gasteiger partial charge >= 0.3 is 0 Å². The molecule has 3 nitrogen and oxygen atoms in total. The van der Waals surface area contributed by atoms with Gasteiger partial charge in [0.2, 0.25) is 5.82 Å². The molecule has 0 radical (unpaired) electrons. The molecule has 0 aliphatic heterocycles. The summed E-state index contributed by atoms with van der Waals surface area (Å²) in [5, 5.41) is 3.06. The Kier molecular flexibility index (Phi) is 2.93. The van der Waals surface area contributed by atoms with Crippen molar-refractivity contribution in [1.82, 2.24) is 5.32 Å². The van der Waals surface area contributed by atoms with Crippen LogP contribution in [0.2, 0.25) is 0 Å². The van der Waals surface area contributed by atoms with Crippen molar-refractivity contribution in [2.75, 3.05) is 7.05 Å². The molecule has 0 bridgehead atoms. The molecule has 90 valence electrons. The molecule has 17 heavy (non-hydrogen) atoms. The smallest absolute Gasteiger partial charge is 0.202 e. The van der Waals surface area contributed by atoms with Gasteiger partial charge in [0.25, 0.3) is 0 Å². The van der Waals surface area contributed by atoms with Gasteiger partial charge in [-0.25, -0.2) is 4.39 Å². The number of benzene rings is 1. The fourth-order valence-corrected chi connectivity index (χ4v) is 1.59. The number of hydrogen-bond acceptors (Lipinski definition) is 3. The topological polar surface area (TPSA) is 42.2 Å². The minimum atomic E-state index is -1.17. The second kappa shape index (κ2) is 4.25. The lowest BCUT2D eigenvalue weighted by Gasteiger charge is -2.10. The number of carbonyl (C=O) groups is 1. The van der Waals surface area contributed by atoms with Crippen molar-refractivity contribution in [3.05, 3.63) is 35.6 Å². The van der Waals surface area contributed by atoms with Crippen LogP contribution in [0.4, 0.5) is 8.78 Å². The molecular formula is C12H11F2NO2. The third kappa shape index (κ3) is 1.82. The minimum Gasteiger partial charge on any atom is -0.461 e. The van der Waals surface area contributed by atoms with Crippen LogP contribution in [0.1, 0.15) is 17.3 Å². The fraction of sp³-hybridized carbons (Fsp3) is 0.250. The number of rotatable bonds is 3. The van der Waals surface area contributed by atoms with Crippen molar-refractivity contribution in [2.45, 2.75) is 13.0 Å². The summed E-state index contributed by atoms with van der Waals surface area (Å²) in [5.74, 6) is -2.79. The van der Waals surface area contributed by atoms with E-state index in [0.717, 1.165) is 0 Å². The second-order valence-corrected chi connectivity index (χ2v) is 3.77. The Bertz CT molecular complexity index is 577. The highest BCUT2D eigenvalue weighted by atomic mass is 19.2. The highest BCUT2D eigenvalue weighted by molar-refractivity contribution is 6.02. The summed E-state index contributed by atoms with van der Waals surface area (Å²) < 4.78 is 32.1. The van der Waals surface area contributed by atoms with Crippen LogP contribution in [0.25, 0.3) is 11.0 Å².